The summed E-state index contributed by atoms with van der Waals surface area (Å²) in [6, 6.07) is 11.2. The van der Waals surface area contributed by atoms with Gasteiger partial charge in [0.1, 0.15) is 0 Å². The van der Waals surface area contributed by atoms with Crippen molar-refractivity contribution >= 4 is 17.5 Å². The second kappa shape index (κ2) is 7.38. The Bertz CT molecular complexity index is 949. The van der Waals surface area contributed by atoms with Crippen molar-refractivity contribution in [3.05, 3.63) is 53.1 Å². The number of nitrogens with zero attached hydrogens (tertiary/aromatic N) is 2. The molecule has 7 heteroatoms. The predicted molar refractivity (Wildman–Crippen MR) is 98.5 cm³/mol. The van der Waals surface area contributed by atoms with E-state index in [4.69, 9.17) is 15.2 Å². The molecule has 7 nitrogen and oxygen atoms in total. The van der Waals surface area contributed by atoms with Crippen molar-refractivity contribution in [1.29, 1.82) is 5.26 Å². The number of fused-ring (bicyclic) bond motifs is 1. The van der Waals surface area contributed by atoms with E-state index in [0.717, 1.165) is 4.90 Å². The van der Waals surface area contributed by atoms with Gasteiger partial charge in [-0.25, -0.2) is 0 Å². The maximum Gasteiger partial charge on any atom is 0.264 e. The van der Waals surface area contributed by atoms with Crippen molar-refractivity contribution in [2.45, 2.75) is 19.4 Å². The van der Waals surface area contributed by atoms with Crippen LogP contribution in [0.25, 0.3) is 0 Å². The number of anilines is 1. The number of nitriles is 1. The highest BCUT2D eigenvalue weighted by Crippen LogP contribution is 2.38. The van der Waals surface area contributed by atoms with Gasteiger partial charge in [-0.1, -0.05) is 12.1 Å². The average Bonchev–Trinajstić information content (AvgIpc) is 2.92. The second-order valence-electron chi connectivity index (χ2n) is 5.97. The molecule has 1 aliphatic heterocycles. The Labute approximate surface area is 156 Å². The monoisotopic (exact) mass is 365 g/mol. The van der Waals surface area contributed by atoms with Crippen LogP contribution >= 0.6 is 0 Å². The van der Waals surface area contributed by atoms with Gasteiger partial charge in [0.05, 0.1) is 43.4 Å². The molecule has 0 saturated heterocycles. The van der Waals surface area contributed by atoms with E-state index in [-0.39, 0.29) is 23.2 Å². The minimum atomic E-state index is -0.757. The number of carbonyl (C=O) groups is 2. The summed E-state index contributed by atoms with van der Waals surface area (Å²) in [5, 5.41) is 9.30. The number of hydrogen-bond donors (Lipinski definition) is 1. The van der Waals surface area contributed by atoms with Crippen LogP contribution in [-0.4, -0.2) is 30.4 Å². The molecule has 1 aliphatic rings. The van der Waals surface area contributed by atoms with Crippen molar-refractivity contribution in [3.8, 4) is 17.6 Å². The zero-order valence-corrected chi connectivity index (χ0v) is 15.1. The van der Waals surface area contributed by atoms with Crippen LogP contribution in [0.2, 0.25) is 0 Å². The van der Waals surface area contributed by atoms with Crippen LogP contribution in [0.4, 0.5) is 5.69 Å². The van der Waals surface area contributed by atoms with E-state index in [9.17, 15) is 14.9 Å². The Hall–Kier alpha value is -3.53. The van der Waals surface area contributed by atoms with Crippen LogP contribution in [0, 0.1) is 11.3 Å². The molecule has 1 atom stereocenters. The number of nitrogen functional groups attached to an aromatic ring is 1. The molecular formula is C20H19N3O4. The van der Waals surface area contributed by atoms with E-state index >= 15 is 0 Å². The first-order valence-electron chi connectivity index (χ1n) is 8.47. The fourth-order valence-corrected chi connectivity index (χ4v) is 3.23. The smallest absolute Gasteiger partial charge is 0.264 e. The SMILES string of the molecule is CCOc1cc(C(CC#N)N2C(=O)c3cccc(N)c3C2=O)ccc1OC. The Morgan fingerprint density at radius 1 is 1.19 bits per heavy atom. The van der Waals surface area contributed by atoms with Crippen molar-refractivity contribution in [2.75, 3.05) is 19.5 Å². The molecule has 0 bridgehead atoms. The molecule has 0 saturated carbocycles. The number of benzene rings is 2. The highest BCUT2D eigenvalue weighted by atomic mass is 16.5. The molecule has 3 rings (SSSR count). The van der Waals surface area contributed by atoms with E-state index in [1.54, 1.807) is 36.4 Å². The van der Waals surface area contributed by atoms with Gasteiger partial charge in [0, 0.05) is 5.69 Å². The maximum absolute atomic E-state index is 12.9. The molecule has 2 amide bonds. The minimum Gasteiger partial charge on any atom is -0.493 e. The van der Waals surface area contributed by atoms with Gasteiger partial charge in [-0.15, -0.1) is 0 Å². The van der Waals surface area contributed by atoms with Gasteiger partial charge in [-0.2, -0.15) is 5.26 Å². The highest BCUT2D eigenvalue weighted by Gasteiger charge is 2.41. The largest absolute Gasteiger partial charge is 0.493 e. The summed E-state index contributed by atoms with van der Waals surface area (Å²) < 4.78 is 10.9. The standard InChI is InChI=1S/C20H19N3O4/c1-3-27-17-11-12(7-8-16(17)26-2)15(9-10-21)23-19(24)13-5-4-6-14(22)18(13)20(23)25/h4-8,11,15H,3,9,22H2,1-2H3. The maximum atomic E-state index is 12.9. The third-order valence-corrected chi connectivity index (χ3v) is 4.45. The van der Waals surface area contributed by atoms with Gasteiger partial charge >= 0.3 is 0 Å². The number of nitrogens with two attached hydrogens (primary N) is 1. The third-order valence-electron chi connectivity index (χ3n) is 4.45. The first-order chi connectivity index (χ1) is 13.0. The van der Waals surface area contributed by atoms with E-state index in [1.165, 1.54) is 7.11 Å². The topological polar surface area (TPSA) is 106 Å². The van der Waals surface area contributed by atoms with Crippen LogP contribution in [0.5, 0.6) is 11.5 Å². The Morgan fingerprint density at radius 2 is 1.96 bits per heavy atom. The van der Waals surface area contributed by atoms with Gasteiger partial charge in [0.25, 0.3) is 11.8 Å². The first kappa shape index (κ1) is 18.3. The number of hydrogen-bond acceptors (Lipinski definition) is 6. The van der Waals surface area contributed by atoms with Gasteiger partial charge < -0.3 is 15.2 Å². The summed E-state index contributed by atoms with van der Waals surface area (Å²) in [7, 11) is 1.53. The van der Waals surface area contributed by atoms with Crippen molar-refractivity contribution in [1.82, 2.24) is 4.90 Å². The van der Waals surface area contributed by atoms with Crippen LogP contribution in [-0.2, 0) is 0 Å². The lowest BCUT2D eigenvalue weighted by atomic mass is 10.0. The molecule has 27 heavy (non-hydrogen) atoms. The summed E-state index contributed by atoms with van der Waals surface area (Å²) >= 11 is 0. The lowest BCUT2D eigenvalue weighted by Gasteiger charge is -2.25. The van der Waals surface area contributed by atoms with Crippen LogP contribution in [0.15, 0.2) is 36.4 Å². The molecule has 138 valence electrons. The normalized spacial score (nSPS) is 13.9. The van der Waals surface area contributed by atoms with Crippen LogP contribution in [0.1, 0.15) is 45.7 Å². The quantitative estimate of drug-likeness (QED) is 0.623. The number of amides is 2. The van der Waals surface area contributed by atoms with Gasteiger partial charge in [-0.3, -0.25) is 14.5 Å². The predicted octanol–water partition coefficient (Wildman–Crippen LogP) is 2.93. The Balaban J connectivity index is 2.06. The molecule has 0 aromatic heterocycles. The number of rotatable bonds is 6. The first-order valence-corrected chi connectivity index (χ1v) is 8.47. The highest BCUT2D eigenvalue weighted by molar-refractivity contribution is 6.23. The van der Waals surface area contributed by atoms with Gasteiger partial charge in [0.15, 0.2) is 11.5 Å². The van der Waals surface area contributed by atoms with Crippen molar-refractivity contribution in [2.24, 2.45) is 0 Å². The molecule has 2 N–H and O–H groups in total. The van der Waals surface area contributed by atoms with Crippen molar-refractivity contribution in [3.63, 3.8) is 0 Å². The number of ether oxygens (including phenoxy) is 2. The lowest BCUT2D eigenvalue weighted by Crippen LogP contribution is -2.34. The fraction of sp³-hybridized carbons (Fsp3) is 0.250. The minimum absolute atomic E-state index is 0.0523. The number of carbonyl (C=O) groups excluding carboxylic acids is 2. The molecule has 0 fully saturated rings. The second-order valence-corrected chi connectivity index (χ2v) is 5.97. The summed E-state index contributed by atoms with van der Waals surface area (Å²) in [4.78, 5) is 26.9. The van der Waals surface area contributed by atoms with Crippen LogP contribution in [0.3, 0.4) is 0 Å². The summed E-state index contributed by atoms with van der Waals surface area (Å²) in [5.74, 6) is 0.0536. The van der Waals surface area contributed by atoms with Gasteiger partial charge in [0.2, 0.25) is 0 Å². The average molecular weight is 365 g/mol. The van der Waals surface area contributed by atoms with Gasteiger partial charge in [-0.05, 0) is 36.8 Å². The summed E-state index contributed by atoms with van der Waals surface area (Å²) in [6.45, 7) is 2.26. The Morgan fingerprint density at radius 3 is 2.59 bits per heavy atom. The third kappa shape index (κ3) is 3.06. The zero-order chi connectivity index (χ0) is 19.6. The molecular weight excluding hydrogens is 346 g/mol. The molecule has 1 unspecified atom stereocenters. The van der Waals surface area contributed by atoms with Crippen LogP contribution < -0.4 is 15.2 Å². The van der Waals surface area contributed by atoms with Crippen molar-refractivity contribution < 1.29 is 19.1 Å². The molecule has 2 aromatic rings. The number of imide groups is 1. The number of methoxy groups -OCH3 is 1. The molecule has 0 aliphatic carbocycles. The summed E-state index contributed by atoms with van der Waals surface area (Å²) in [6.07, 6.45) is -0.0523. The molecule has 1 heterocycles. The Kier molecular flexibility index (Phi) is 4.99. The lowest BCUT2D eigenvalue weighted by molar-refractivity contribution is 0.0584. The fourth-order valence-electron chi connectivity index (χ4n) is 3.23. The molecule has 2 aromatic carbocycles. The van der Waals surface area contributed by atoms with E-state index in [0.29, 0.717) is 23.7 Å². The van der Waals surface area contributed by atoms with E-state index < -0.39 is 17.9 Å². The van der Waals surface area contributed by atoms with E-state index in [2.05, 4.69) is 6.07 Å². The zero-order valence-electron chi connectivity index (χ0n) is 15.1. The molecule has 0 radical (unpaired) electrons. The molecule has 0 spiro atoms. The summed E-state index contributed by atoms with van der Waals surface area (Å²) in [5.41, 5.74) is 7.19. The van der Waals surface area contributed by atoms with E-state index in [1.807, 2.05) is 6.92 Å².